The zero-order valence-electron chi connectivity index (χ0n) is 13.1. The molecule has 1 aliphatic rings. The molecular formula is C19H15N3O2. The lowest BCUT2D eigenvalue weighted by Crippen LogP contribution is -2.13. The van der Waals surface area contributed by atoms with Crippen molar-refractivity contribution in [3.63, 3.8) is 0 Å². The maximum absolute atomic E-state index is 12.4. The van der Waals surface area contributed by atoms with Gasteiger partial charge in [-0.3, -0.25) is 14.8 Å². The van der Waals surface area contributed by atoms with Gasteiger partial charge in [0.2, 0.25) is 5.91 Å². The van der Waals surface area contributed by atoms with Crippen LogP contribution < -0.4 is 10.1 Å². The van der Waals surface area contributed by atoms with E-state index < -0.39 is 5.92 Å². The molecule has 0 fully saturated rings. The first-order valence-electron chi connectivity index (χ1n) is 7.63. The zero-order chi connectivity index (χ0) is 16.5. The van der Waals surface area contributed by atoms with Crippen molar-refractivity contribution in [2.24, 2.45) is 4.99 Å². The Hall–Kier alpha value is -3.21. The molecule has 0 saturated carbocycles. The molecule has 1 amide bonds. The third-order valence-electron chi connectivity index (χ3n) is 4.12. The second kappa shape index (κ2) is 5.77. The number of anilines is 1. The van der Waals surface area contributed by atoms with E-state index in [0.29, 0.717) is 0 Å². The van der Waals surface area contributed by atoms with Crippen LogP contribution >= 0.6 is 0 Å². The summed E-state index contributed by atoms with van der Waals surface area (Å²) in [5.41, 5.74) is 3.40. The van der Waals surface area contributed by atoms with Crippen molar-refractivity contribution in [1.29, 1.82) is 0 Å². The van der Waals surface area contributed by atoms with Crippen molar-refractivity contribution < 1.29 is 9.53 Å². The van der Waals surface area contributed by atoms with Crippen molar-refractivity contribution in [1.82, 2.24) is 4.98 Å². The summed E-state index contributed by atoms with van der Waals surface area (Å²) in [5, 5.41) is 3.89. The summed E-state index contributed by atoms with van der Waals surface area (Å²) in [7, 11) is 1.62. The highest BCUT2D eigenvalue weighted by Gasteiger charge is 2.31. The molecule has 0 saturated heterocycles. The number of fused-ring (bicyclic) bond motifs is 3. The van der Waals surface area contributed by atoms with E-state index in [1.54, 1.807) is 19.5 Å². The van der Waals surface area contributed by atoms with Crippen LogP contribution in [0.5, 0.6) is 5.75 Å². The second-order valence-electron chi connectivity index (χ2n) is 5.54. The number of benzene rings is 2. The molecule has 2 heterocycles. The molecule has 5 heteroatoms. The van der Waals surface area contributed by atoms with E-state index in [9.17, 15) is 4.79 Å². The van der Waals surface area contributed by atoms with E-state index in [-0.39, 0.29) is 5.91 Å². The average Bonchev–Trinajstić information content (AvgIpc) is 2.96. The minimum absolute atomic E-state index is 0.0707. The van der Waals surface area contributed by atoms with Crippen molar-refractivity contribution in [3.05, 3.63) is 60.3 Å². The lowest BCUT2D eigenvalue weighted by Gasteiger charge is -2.07. The predicted molar refractivity (Wildman–Crippen MR) is 94.3 cm³/mol. The Morgan fingerprint density at radius 2 is 2.00 bits per heavy atom. The number of pyridine rings is 1. The van der Waals surface area contributed by atoms with E-state index in [1.165, 1.54) is 0 Å². The number of ether oxygens (including phenoxy) is 1. The number of amides is 1. The van der Waals surface area contributed by atoms with Crippen LogP contribution in [-0.4, -0.2) is 24.2 Å². The van der Waals surface area contributed by atoms with Gasteiger partial charge < -0.3 is 10.1 Å². The summed E-state index contributed by atoms with van der Waals surface area (Å²) in [4.78, 5) is 21.2. The Morgan fingerprint density at radius 1 is 1.17 bits per heavy atom. The predicted octanol–water partition coefficient (Wildman–Crippen LogP) is 3.68. The van der Waals surface area contributed by atoms with Gasteiger partial charge in [-0.25, -0.2) is 0 Å². The molecule has 5 nitrogen and oxygen atoms in total. The maximum Gasteiger partial charge on any atom is 0.237 e. The van der Waals surface area contributed by atoms with Gasteiger partial charge in [-0.15, -0.1) is 0 Å². The molecule has 0 bridgehead atoms. The monoisotopic (exact) mass is 317 g/mol. The quantitative estimate of drug-likeness (QED) is 0.749. The molecular weight excluding hydrogens is 302 g/mol. The maximum atomic E-state index is 12.4. The Morgan fingerprint density at radius 3 is 2.79 bits per heavy atom. The first kappa shape index (κ1) is 14.4. The number of nitrogens with one attached hydrogen (secondary N) is 1. The number of aliphatic imine (C=N–C) groups is 1. The molecule has 3 aromatic rings. The Labute approximate surface area is 139 Å². The number of aromatic nitrogens is 1. The van der Waals surface area contributed by atoms with Gasteiger partial charge in [-0.1, -0.05) is 6.07 Å². The summed E-state index contributed by atoms with van der Waals surface area (Å²) in [6.07, 6.45) is 3.44. The molecule has 1 aliphatic heterocycles. The summed E-state index contributed by atoms with van der Waals surface area (Å²) >= 11 is 0. The van der Waals surface area contributed by atoms with Crippen LogP contribution in [0.25, 0.3) is 10.9 Å². The van der Waals surface area contributed by atoms with E-state index in [0.717, 1.165) is 33.6 Å². The molecule has 1 aromatic heterocycles. The summed E-state index contributed by atoms with van der Waals surface area (Å²) in [5.74, 6) is 0.281. The summed E-state index contributed by atoms with van der Waals surface area (Å²) < 4.78 is 5.14. The van der Waals surface area contributed by atoms with Gasteiger partial charge in [0.05, 0.1) is 18.3 Å². The summed E-state index contributed by atoms with van der Waals surface area (Å²) in [6.45, 7) is 0. The normalized spacial score (nSPS) is 16.4. The summed E-state index contributed by atoms with van der Waals surface area (Å²) in [6, 6.07) is 15.1. The first-order chi connectivity index (χ1) is 11.8. The van der Waals surface area contributed by atoms with Crippen LogP contribution in [0, 0.1) is 0 Å². The van der Waals surface area contributed by atoms with Crippen LogP contribution in [0.4, 0.5) is 11.4 Å². The van der Waals surface area contributed by atoms with Gasteiger partial charge in [0, 0.05) is 29.0 Å². The standard InChI is InChI=1S/C19H15N3O2/c1-24-13-6-4-12(5-7-13)21-11-15-18-14-3-2-10-20-16(14)8-9-17(18)22-19(15)23/h2-11,15H,1H3,(H,22,23). The molecule has 1 atom stereocenters. The lowest BCUT2D eigenvalue weighted by atomic mass is 9.97. The minimum atomic E-state index is -0.421. The number of nitrogens with zero attached hydrogens (tertiary/aromatic N) is 2. The number of hydrogen-bond donors (Lipinski definition) is 1. The smallest absolute Gasteiger partial charge is 0.237 e. The molecule has 2 aromatic carbocycles. The Kier molecular flexibility index (Phi) is 3.46. The second-order valence-corrected chi connectivity index (χ2v) is 5.54. The highest BCUT2D eigenvalue weighted by molar-refractivity contribution is 6.16. The van der Waals surface area contributed by atoms with Crippen molar-refractivity contribution in [3.8, 4) is 5.75 Å². The largest absolute Gasteiger partial charge is 0.497 e. The first-order valence-corrected chi connectivity index (χ1v) is 7.63. The molecule has 0 radical (unpaired) electrons. The third-order valence-corrected chi connectivity index (χ3v) is 4.12. The number of rotatable bonds is 3. The van der Waals surface area contributed by atoms with Crippen molar-refractivity contribution in [2.45, 2.75) is 5.92 Å². The minimum Gasteiger partial charge on any atom is -0.497 e. The van der Waals surface area contributed by atoms with Gasteiger partial charge in [0.25, 0.3) is 0 Å². The topological polar surface area (TPSA) is 63.6 Å². The molecule has 1 N–H and O–H groups in total. The van der Waals surface area contributed by atoms with Gasteiger partial charge in [0.15, 0.2) is 0 Å². The average molecular weight is 317 g/mol. The molecule has 0 spiro atoms. The number of carbonyl (C=O) groups excluding carboxylic acids is 1. The van der Waals surface area contributed by atoms with Gasteiger partial charge in [0.1, 0.15) is 11.7 Å². The molecule has 0 aliphatic carbocycles. The van der Waals surface area contributed by atoms with Crippen molar-refractivity contribution >= 4 is 34.4 Å². The van der Waals surface area contributed by atoms with Crippen LogP contribution in [0.15, 0.2) is 59.7 Å². The van der Waals surface area contributed by atoms with E-state index in [2.05, 4.69) is 15.3 Å². The molecule has 4 rings (SSSR count). The molecule has 1 unspecified atom stereocenters. The van der Waals surface area contributed by atoms with Gasteiger partial charge in [-0.2, -0.15) is 0 Å². The zero-order valence-corrected chi connectivity index (χ0v) is 13.1. The molecule has 24 heavy (non-hydrogen) atoms. The van der Waals surface area contributed by atoms with Crippen LogP contribution in [0.1, 0.15) is 11.5 Å². The Balaban J connectivity index is 1.73. The molecule has 118 valence electrons. The number of hydrogen-bond acceptors (Lipinski definition) is 4. The van der Waals surface area contributed by atoms with Gasteiger partial charge >= 0.3 is 0 Å². The SMILES string of the molecule is COc1ccc(N=CC2C(=O)Nc3ccc4ncccc4c32)cc1. The van der Waals surface area contributed by atoms with Crippen molar-refractivity contribution in [2.75, 3.05) is 12.4 Å². The fourth-order valence-electron chi connectivity index (χ4n) is 2.93. The van der Waals surface area contributed by atoms with E-state index in [1.807, 2.05) is 48.5 Å². The highest BCUT2D eigenvalue weighted by atomic mass is 16.5. The Bertz CT molecular complexity index is 948. The number of carbonyl (C=O) groups is 1. The fraction of sp³-hybridized carbons (Fsp3) is 0.105. The van der Waals surface area contributed by atoms with Crippen LogP contribution in [0.2, 0.25) is 0 Å². The highest BCUT2D eigenvalue weighted by Crippen LogP contribution is 2.37. The van der Waals surface area contributed by atoms with E-state index in [4.69, 9.17) is 4.74 Å². The van der Waals surface area contributed by atoms with Crippen LogP contribution in [-0.2, 0) is 4.79 Å². The van der Waals surface area contributed by atoms with E-state index >= 15 is 0 Å². The van der Waals surface area contributed by atoms with Gasteiger partial charge in [-0.05, 0) is 42.5 Å². The van der Waals surface area contributed by atoms with Crippen LogP contribution in [0.3, 0.4) is 0 Å². The fourth-order valence-corrected chi connectivity index (χ4v) is 2.93. The third kappa shape index (κ3) is 2.40. The lowest BCUT2D eigenvalue weighted by molar-refractivity contribution is -0.115. The number of methoxy groups -OCH3 is 1.